The number of rotatable bonds is 9. The first-order chi connectivity index (χ1) is 15.5. The van der Waals surface area contributed by atoms with Crippen LogP contribution in [0.15, 0.2) is 66.4 Å². The third-order valence-electron chi connectivity index (χ3n) is 4.59. The number of nitro groups is 1. The molecule has 0 saturated carbocycles. The van der Waals surface area contributed by atoms with Crippen LogP contribution in [-0.4, -0.2) is 40.9 Å². The number of methoxy groups -OCH3 is 1. The van der Waals surface area contributed by atoms with Gasteiger partial charge >= 0.3 is 0 Å². The van der Waals surface area contributed by atoms with E-state index in [4.69, 9.17) is 4.74 Å². The van der Waals surface area contributed by atoms with Gasteiger partial charge < -0.3 is 10.1 Å². The Kier molecular flexibility index (Phi) is 7.46. The maximum Gasteiger partial charge on any atom is 0.269 e. The molecule has 0 aliphatic rings. The molecular formula is C23H21N5O4. The molecular weight excluding hydrogens is 410 g/mol. The van der Waals surface area contributed by atoms with Gasteiger partial charge in [0.1, 0.15) is 17.3 Å². The molecule has 0 atom stereocenters. The first kappa shape index (κ1) is 22.4. The zero-order valence-electron chi connectivity index (χ0n) is 17.4. The Balaban J connectivity index is 2.00. The molecule has 32 heavy (non-hydrogen) atoms. The molecule has 0 fully saturated rings. The third-order valence-corrected chi connectivity index (χ3v) is 4.59. The molecule has 0 saturated heterocycles. The highest BCUT2D eigenvalue weighted by Crippen LogP contribution is 2.27. The normalized spacial score (nSPS) is 11.1. The van der Waals surface area contributed by atoms with Gasteiger partial charge in [-0.15, -0.1) is 0 Å². The van der Waals surface area contributed by atoms with E-state index in [1.807, 2.05) is 36.4 Å². The Morgan fingerprint density at radius 2 is 1.97 bits per heavy atom. The van der Waals surface area contributed by atoms with Gasteiger partial charge in [-0.25, -0.2) is 4.68 Å². The SMILES string of the molecule is COCCCNC(=O)/C(C#N)=C\c1cn(-c2ccccc2)nc1-c1ccc([N+](=O)[O-])cc1. The fourth-order valence-electron chi connectivity index (χ4n) is 2.99. The molecule has 3 rings (SSSR count). The summed E-state index contributed by atoms with van der Waals surface area (Å²) in [6.07, 6.45) is 3.80. The lowest BCUT2D eigenvalue weighted by Crippen LogP contribution is -2.26. The minimum Gasteiger partial charge on any atom is -0.385 e. The summed E-state index contributed by atoms with van der Waals surface area (Å²) in [5, 5.41) is 27.8. The van der Waals surface area contributed by atoms with Crippen LogP contribution >= 0.6 is 0 Å². The van der Waals surface area contributed by atoms with Crippen LogP contribution in [0.4, 0.5) is 5.69 Å². The van der Waals surface area contributed by atoms with Crippen molar-refractivity contribution < 1.29 is 14.5 Å². The predicted octanol–water partition coefficient (Wildman–Crippen LogP) is 3.51. The zero-order valence-corrected chi connectivity index (χ0v) is 17.4. The largest absolute Gasteiger partial charge is 0.385 e. The Morgan fingerprint density at radius 3 is 2.59 bits per heavy atom. The minimum absolute atomic E-state index is 0.0403. The van der Waals surface area contributed by atoms with Crippen molar-refractivity contribution >= 4 is 17.7 Å². The van der Waals surface area contributed by atoms with Gasteiger partial charge in [-0.05, 0) is 36.8 Å². The number of nitro benzene ring substituents is 1. The number of carbonyl (C=O) groups is 1. The quantitative estimate of drug-likeness (QED) is 0.182. The number of nitriles is 1. The van der Waals surface area contributed by atoms with E-state index in [2.05, 4.69) is 10.4 Å². The summed E-state index contributed by atoms with van der Waals surface area (Å²) in [6, 6.07) is 17.2. The van der Waals surface area contributed by atoms with Gasteiger partial charge in [-0.2, -0.15) is 10.4 Å². The molecule has 3 aromatic rings. The van der Waals surface area contributed by atoms with Crippen LogP contribution < -0.4 is 5.32 Å². The van der Waals surface area contributed by atoms with E-state index < -0.39 is 10.8 Å². The Hall–Kier alpha value is -4.29. The Labute approximate surface area is 184 Å². The molecule has 2 aromatic carbocycles. The average Bonchev–Trinajstić information content (AvgIpc) is 3.24. The molecule has 0 bridgehead atoms. The number of amides is 1. The maximum atomic E-state index is 12.4. The average molecular weight is 431 g/mol. The van der Waals surface area contributed by atoms with Crippen molar-refractivity contribution in [3.8, 4) is 23.0 Å². The molecule has 1 amide bonds. The molecule has 162 valence electrons. The molecule has 0 radical (unpaired) electrons. The van der Waals surface area contributed by atoms with Crippen LogP contribution in [0, 0.1) is 21.4 Å². The molecule has 0 aliphatic heterocycles. The fraction of sp³-hybridized carbons (Fsp3) is 0.174. The van der Waals surface area contributed by atoms with Crippen molar-refractivity contribution in [1.82, 2.24) is 15.1 Å². The van der Waals surface area contributed by atoms with E-state index in [0.29, 0.717) is 36.4 Å². The number of benzene rings is 2. The Morgan fingerprint density at radius 1 is 1.25 bits per heavy atom. The second-order valence-electron chi connectivity index (χ2n) is 6.79. The number of para-hydroxylation sites is 1. The molecule has 1 aromatic heterocycles. The van der Waals surface area contributed by atoms with E-state index in [-0.39, 0.29) is 11.3 Å². The lowest BCUT2D eigenvalue weighted by molar-refractivity contribution is -0.384. The van der Waals surface area contributed by atoms with Crippen molar-refractivity contribution in [3.05, 3.63) is 82.0 Å². The lowest BCUT2D eigenvalue weighted by Gasteiger charge is -2.04. The van der Waals surface area contributed by atoms with Gasteiger partial charge in [0, 0.05) is 49.7 Å². The minimum atomic E-state index is -0.495. The van der Waals surface area contributed by atoms with E-state index in [1.165, 1.54) is 18.2 Å². The van der Waals surface area contributed by atoms with E-state index >= 15 is 0 Å². The summed E-state index contributed by atoms with van der Waals surface area (Å²) in [7, 11) is 1.58. The monoisotopic (exact) mass is 431 g/mol. The summed E-state index contributed by atoms with van der Waals surface area (Å²) in [6.45, 7) is 0.879. The van der Waals surface area contributed by atoms with Crippen molar-refractivity contribution in [3.63, 3.8) is 0 Å². The number of hydrogen-bond acceptors (Lipinski definition) is 6. The molecule has 0 spiro atoms. The summed E-state index contributed by atoms with van der Waals surface area (Å²) in [5.74, 6) is -0.495. The third kappa shape index (κ3) is 5.44. The lowest BCUT2D eigenvalue weighted by atomic mass is 10.1. The van der Waals surface area contributed by atoms with Gasteiger partial charge in [0.25, 0.3) is 11.6 Å². The van der Waals surface area contributed by atoms with Crippen LogP contribution in [0.25, 0.3) is 23.0 Å². The highest BCUT2D eigenvalue weighted by atomic mass is 16.6. The number of ether oxygens (including phenoxy) is 1. The van der Waals surface area contributed by atoms with Crippen LogP contribution in [0.3, 0.4) is 0 Å². The van der Waals surface area contributed by atoms with E-state index in [9.17, 15) is 20.2 Å². The van der Waals surface area contributed by atoms with Gasteiger partial charge in [0.2, 0.25) is 0 Å². The molecule has 0 unspecified atom stereocenters. The number of hydrogen-bond donors (Lipinski definition) is 1. The summed E-state index contributed by atoms with van der Waals surface area (Å²) >= 11 is 0. The van der Waals surface area contributed by atoms with Gasteiger partial charge in [0.05, 0.1) is 10.6 Å². The van der Waals surface area contributed by atoms with Crippen LogP contribution in [0.2, 0.25) is 0 Å². The number of nitrogens with zero attached hydrogens (tertiary/aromatic N) is 4. The highest BCUT2D eigenvalue weighted by Gasteiger charge is 2.16. The second kappa shape index (κ2) is 10.7. The fourth-order valence-corrected chi connectivity index (χ4v) is 2.99. The molecule has 9 nitrogen and oxygen atoms in total. The number of aromatic nitrogens is 2. The molecule has 0 aliphatic carbocycles. The first-order valence-corrected chi connectivity index (χ1v) is 9.82. The smallest absolute Gasteiger partial charge is 0.269 e. The van der Waals surface area contributed by atoms with Gasteiger partial charge in [-0.3, -0.25) is 14.9 Å². The zero-order chi connectivity index (χ0) is 22.9. The molecule has 1 N–H and O–H groups in total. The molecule has 1 heterocycles. The molecule has 9 heteroatoms. The van der Waals surface area contributed by atoms with Crippen molar-refractivity contribution in [1.29, 1.82) is 5.26 Å². The van der Waals surface area contributed by atoms with E-state index in [0.717, 1.165) is 5.69 Å². The second-order valence-corrected chi connectivity index (χ2v) is 6.79. The van der Waals surface area contributed by atoms with Crippen molar-refractivity contribution in [2.75, 3.05) is 20.3 Å². The topological polar surface area (TPSA) is 123 Å². The van der Waals surface area contributed by atoms with Crippen LogP contribution in [0.5, 0.6) is 0 Å². The summed E-state index contributed by atoms with van der Waals surface area (Å²) < 4.78 is 6.59. The van der Waals surface area contributed by atoms with E-state index in [1.54, 1.807) is 30.1 Å². The first-order valence-electron chi connectivity index (χ1n) is 9.82. The van der Waals surface area contributed by atoms with Crippen LogP contribution in [-0.2, 0) is 9.53 Å². The number of non-ortho nitro benzene ring substituents is 1. The number of carbonyl (C=O) groups excluding carboxylic acids is 1. The number of nitrogens with one attached hydrogen (secondary N) is 1. The summed E-state index contributed by atoms with van der Waals surface area (Å²) in [5.41, 5.74) is 2.32. The van der Waals surface area contributed by atoms with Crippen LogP contribution in [0.1, 0.15) is 12.0 Å². The van der Waals surface area contributed by atoms with Gasteiger partial charge in [-0.1, -0.05) is 18.2 Å². The van der Waals surface area contributed by atoms with Crippen molar-refractivity contribution in [2.24, 2.45) is 0 Å². The van der Waals surface area contributed by atoms with Crippen molar-refractivity contribution in [2.45, 2.75) is 6.42 Å². The predicted molar refractivity (Wildman–Crippen MR) is 119 cm³/mol. The maximum absolute atomic E-state index is 12.4. The summed E-state index contributed by atoms with van der Waals surface area (Å²) in [4.78, 5) is 22.9. The highest BCUT2D eigenvalue weighted by molar-refractivity contribution is 6.02. The Bertz CT molecular complexity index is 1160. The van der Waals surface area contributed by atoms with Gasteiger partial charge in [0.15, 0.2) is 0 Å². The standard InChI is InChI=1S/C23H21N5O4/c1-32-13-5-12-25-23(29)18(15-24)14-19-16-27(20-6-3-2-4-7-20)26-22(19)17-8-10-21(11-9-17)28(30)31/h2-4,6-11,14,16H,5,12-13H2,1H3,(H,25,29)/b18-14-.